The smallest absolute Gasteiger partial charge is 0.277 e. The summed E-state index contributed by atoms with van der Waals surface area (Å²) in [7, 11) is 0. The zero-order chi connectivity index (χ0) is 20.7. The molecule has 0 bridgehead atoms. The van der Waals surface area contributed by atoms with E-state index in [4.69, 9.17) is 8.83 Å². The van der Waals surface area contributed by atoms with Gasteiger partial charge in [-0.25, -0.2) is 4.39 Å². The molecule has 9 heteroatoms. The van der Waals surface area contributed by atoms with E-state index < -0.39 is 0 Å². The van der Waals surface area contributed by atoms with E-state index in [2.05, 4.69) is 33.4 Å². The van der Waals surface area contributed by atoms with Crippen molar-refractivity contribution in [3.05, 3.63) is 52.5 Å². The van der Waals surface area contributed by atoms with Gasteiger partial charge in [0.25, 0.3) is 11.1 Å². The molecule has 0 spiro atoms. The Balaban J connectivity index is 1.29. The number of thiophene rings is 1. The van der Waals surface area contributed by atoms with Gasteiger partial charge in [0.2, 0.25) is 11.8 Å². The van der Waals surface area contributed by atoms with Crippen LogP contribution in [-0.2, 0) is 12.8 Å². The van der Waals surface area contributed by atoms with Crippen LogP contribution in [0.2, 0.25) is 0 Å². The molecule has 0 unspecified atom stereocenters. The summed E-state index contributed by atoms with van der Waals surface area (Å²) in [6.07, 6.45) is 3.48. The maximum atomic E-state index is 13.1. The second kappa shape index (κ2) is 7.96. The Morgan fingerprint density at radius 3 is 2.73 bits per heavy atom. The van der Waals surface area contributed by atoms with Gasteiger partial charge in [0.1, 0.15) is 5.82 Å². The van der Waals surface area contributed by atoms with Crippen LogP contribution in [0.1, 0.15) is 41.8 Å². The lowest BCUT2D eigenvalue weighted by atomic mass is 9.90. The topological polar surface area (TPSA) is 77.8 Å². The van der Waals surface area contributed by atoms with E-state index in [1.807, 2.05) is 6.92 Å². The highest BCUT2D eigenvalue weighted by molar-refractivity contribution is 7.99. The predicted molar refractivity (Wildman–Crippen MR) is 113 cm³/mol. The number of rotatable bonds is 5. The predicted octanol–water partition coefficient (Wildman–Crippen LogP) is 5.97. The maximum Gasteiger partial charge on any atom is 0.277 e. The third-order valence-electron chi connectivity index (χ3n) is 5.10. The third kappa shape index (κ3) is 3.91. The molecule has 0 aliphatic heterocycles. The van der Waals surface area contributed by atoms with Crippen LogP contribution in [0, 0.1) is 11.7 Å². The molecule has 30 heavy (non-hydrogen) atoms. The Labute approximate surface area is 180 Å². The van der Waals surface area contributed by atoms with E-state index in [0.29, 0.717) is 28.5 Å². The quantitative estimate of drug-likeness (QED) is 0.353. The van der Waals surface area contributed by atoms with Gasteiger partial charge in [0.05, 0.1) is 10.1 Å². The zero-order valence-electron chi connectivity index (χ0n) is 16.5. The van der Waals surface area contributed by atoms with E-state index in [1.54, 1.807) is 23.5 Å². The molecule has 5 rings (SSSR count). The van der Waals surface area contributed by atoms with Crippen molar-refractivity contribution in [1.29, 1.82) is 0 Å². The molecule has 0 N–H and O–H groups in total. The molecular weight excluding hydrogens is 423 g/mol. The monoisotopic (exact) mass is 442 g/mol. The molecule has 1 aliphatic carbocycles. The Bertz CT molecular complexity index is 1170. The molecule has 1 aromatic carbocycles. The van der Waals surface area contributed by atoms with E-state index in [9.17, 15) is 4.39 Å². The fourth-order valence-electron chi connectivity index (χ4n) is 3.48. The highest BCUT2D eigenvalue weighted by Gasteiger charge is 2.23. The minimum absolute atomic E-state index is 0.169. The van der Waals surface area contributed by atoms with Gasteiger partial charge in [-0.1, -0.05) is 18.7 Å². The summed E-state index contributed by atoms with van der Waals surface area (Å²) in [4.78, 5) is 2.46. The first-order valence-electron chi connectivity index (χ1n) is 9.76. The van der Waals surface area contributed by atoms with Crippen molar-refractivity contribution in [1.82, 2.24) is 20.4 Å². The Morgan fingerprint density at radius 1 is 1.10 bits per heavy atom. The zero-order valence-corrected chi connectivity index (χ0v) is 18.1. The van der Waals surface area contributed by atoms with Crippen LogP contribution in [0.3, 0.4) is 0 Å². The highest BCUT2D eigenvalue weighted by atomic mass is 32.2. The number of fused-ring (bicyclic) bond motifs is 1. The first kappa shape index (κ1) is 19.4. The van der Waals surface area contributed by atoms with Crippen LogP contribution < -0.4 is 0 Å². The largest absolute Gasteiger partial charge is 0.419 e. The molecule has 0 radical (unpaired) electrons. The normalized spacial score (nSPS) is 17.1. The lowest BCUT2D eigenvalue weighted by molar-refractivity contribution is 0.462. The second-order valence-electron chi connectivity index (χ2n) is 7.49. The minimum atomic E-state index is -0.310. The molecule has 6 nitrogen and oxygen atoms in total. The number of benzene rings is 1. The molecule has 1 aliphatic rings. The number of aromatic nitrogens is 4. The van der Waals surface area contributed by atoms with Gasteiger partial charge >= 0.3 is 0 Å². The SMILES string of the molecule is C[C@H]1CCc2sc(-c3nnc(S[C@@H](C)c4nnc(-c5ccc(F)cc5)o4)o3)cc2C1. The fraction of sp³-hybridized carbons (Fsp3) is 0.333. The molecule has 0 saturated carbocycles. The molecule has 3 heterocycles. The number of aryl methyl sites for hydroxylation is 1. The number of hydrogen-bond donors (Lipinski definition) is 0. The summed E-state index contributed by atoms with van der Waals surface area (Å²) < 4.78 is 24.7. The van der Waals surface area contributed by atoms with Gasteiger partial charge in [-0.15, -0.1) is 31.7 Å². The van der Waals surface area contributed by atoms with Crippen LogP contribution in [0.15, 0.2) is 44.4 Å². The molecule has 0 fully saturated rings. The molecule has 0 amide bonds. The van der Waals surface area contributed by atoms with E-state index in [0.717, 1.165) is 23.6 Å². The van der Waals surface area contributed by atoms with Gasteiger partial charge in [-0.05, 0) is 68.0 Å². The fourth-order valence-corrected chi connectivity index (χ4v) is 5.32. The molecular formula is C21H19FN4O2S2. The highest BCUT2D eigenvalue weighted by Crippen LogP contribution is 2.39. The molecule has 0 saturated heterocycles. The van der Waals surface area contributed by atoms with E-state index in [-0.39, 0.29) is 11.1 Å². The Morgan fingerprint density at radius 2 is 1.90 bits per heavy atom. The second-order valence-corrected chi connectivity index (χ2v) is 9.92. The van der Waals surface area contributed by atoms with Crippen molar-refractivity contribution in [3.8, 4) is 22.2 Å². The van der Waals surface area contributed by atoms with Gasteiger partial charge in [-0.3, -0.25) is 0 Å². The Hall–Kier alpha value is -2.52. The van der Waals surface area contributed by atoms with Gasteiger partial charge in [0, 0.05) is 10.4 Å². The van der Waals surface area contributed by atoms with Crippen LogP contribution in [0.4, 0.5) is 4.39 Å². The molecule has 154 valence electrons. The van der Waals surface area contributed by atoms with Gasteiger partial charge in [0.15, 0.2) is 0 Å². The molecule has 2 atom stereocenters. The summed E-state index contributed by atoms with van der Waals surface area (Å²) >= 11 is 3.11. The summed E-state index contributed by atoms with van der Waals surface area (Å²) in [6, 6.07) is 8.13. The number of thioether (sulfide) groups is 1. The average molecular weight is 443 g/mol. The third-order valence-corrected chi connectivity index (χ3v) is 7.25. The van der Waals surface area contributed by atoms with Crippen LogP contribution in [-0.4, -0.2) is 20.4 Å². The first-order valence-corrected chi connectivity index (χ1v) is 11.5. The minimum Gasteiger partial charge on any atom is -0.419 e. The standard InChI is InChI=1S/C21H19FN4O2S2/c1-11-3-8-16-14(9-11)10-17(30-16)20-25-26-21(28-20)29-12(2)18-23-24-19(27-18)13-4-6-15(22)7-5-13/h4-7,10-12H,3,8-9H2,1-2H3/t11-,12-/m0/s1. The Kier molecular flexibility index (Phi) is 5.16. The molecule has 3 aromatic heterocycles. The average Bonchev–Trinajstić information content (AvgIpc) is 3.47. The molecule has 4 aromatic rings. The maximum absolute atomic E-state index is 13.1. The number of hydrogen-bond acceptors (Lipinski definition) is 8. The summed E-state index contributed by atoms with van der Waals surface area (Å²) in [6.45, 7) is 4.23. The van der Waals surface area contributed by atoms with Crippen molar-refractivity contribution in [2.24, 2.45) is 5.92 Å². The van der Waals surface area contributed by atoms with Crippen LogP contribution >= 0.6 is 23.1 Å². The first-order chi connectivity index (χ1) is 14.5. The number of halogens is 1. The summed E-state index contributed by atoms with van der Waals surface area (Å²) in [5.41, 5.74) is 2.08. The summed E-state index contributed by atoms with van der Waals surface area (Å²) in [5, 5.41) is 16.9. The van der Waals surface area contributed by atoms with Crippen LogP contribution in [0.25, 0.3) is 22.2 Å². The lowest BCUT2D eigenvalue weighted by Crippen LogP contribution is -2.07. The summed E-state index contributed by atoms with van der Waals surface area (Å²) in [5.74, 6) is 1.76. The number of nitrogens with zero attached hydrogens (tertiary/aromatic N) is 4. The van der Waals surface area contributed by atoms with Gasteiger partial charge < -0.3 is 8.83 Å². The lowest BCUT2D eigenvalue weighted by Gasteiger charge is -2.16. The van der Waals surface area contributed by atoms with E-state index >= 15 is 0 Å². The van der Waals surface area contributed by atoms with Crippen molar-refractivity contribution >= 4 is 23.1 Å². The van der Waals surface area contributed by atoms with Crippen molar-refractivity contribution in [2.45, 2.75) is 43.6 Å². The van der Waals surface area contributed by atoms with Crippen molar-refractivity contribution in [2.75, 3.05) is 0 Å². The van der Waals surface area contributed by atoms with Crippen molar-refractivity contribution in [3.63, 3.8) is 0 Å². The van der Waals surface area contributed by atoms with Crippen LogP contribution in [0.5, 0.6) is 0 Å². The van der Waals surface area contributed by atoms with Crippen molar-refractivity contribution < 1.29 is 13.2 Å². The van der Waals surface area contributed by atoms with E-state index in [1.165, 1.54) is 40.8 Å². The van der Waals surface area contributed by atoms with Gasteiger partial charge in [-0.2, -0.15) is 0 Å².